The van der Waals surface area contributed by atoms with Crippen LogP contribution in [0.25, 0.3) is 0 Å². The van der Waals surface area contributed by atoms with Crippen LogP contribution >= 0.6 is 0 Å². The van der Waals surface area contributed by atoms with Crippen LogP contribution in [0, 0.1) is 5.92 Å². The van der Waals surface area contributed by atoms with Crippen LogP contribution < -0.4 is 15.8 Å². The Kier molecular flexibility index (Phi) is 5.01. The molecule has 0 radical (unpaired) electrons. The van der Waals surface area contributed by atoms with Crippen LogP contribution in [0.4, 0.5) is 5.69 Å². The van der Waals surface area contributed by atoms with E-state index in [-0.39, 0.29) is 11.9 Å². The molecule has 0 aliphatic heterocycles. The Bertz CT molecular complexity index is 416. The SMILES string of the molecule is CCC(NC(=O)c1cccc(OC)c1N)C(C)C. The van der Waals surface area contributed by atoms with E-state index >= 15 is 0 Å². The van der Waals surface area contributed by atoms with E-state index < -0.39 is 0 Å². The summed E-state index contributed by atoms with van der Waals surface area (Å²) in [5, 5.41) is 3.00. The van der Waals surface area contributed by atoms with Crippen molar-refractivity contribution in [1.29, 1.82) is 0 Å². The van der Waals surface area contributed by atoms with Crippen molar-refractivity contribution in [2.24, 2.45) is 5.92 Å². The van der Waals surface area contributed by atoms with Crippen LogP contribution in [-0.2, 0) is 0 Å². The van der Waals surface area contributed by atoms with Gasteiger partial charge >= 0.3 is 0 Å². The smallest absolute Gasteiger partial charge is 0.253 e. The molecule has 0 heterocycles. The Balaban J connectivity index is 2.91. The Labute approximate surface area is 109 Å². The number of nitrogens with two attached hydrogens (primary N) is 1. The van der Waals surface area contributed by atoms with Gasteiger partial charge in [0.25, 0.3) is 5.91 Å². The van der Waals surface area contributed by atoms with Crippen LogP contribution in [0.15, 0.2) is 18.2 Å². The number of nitrogen functional groups attached to an aromatic ring is 1. The molecule has 18 heavy (non-hydrogen) atoms. The number of rotatable bonds is 5. The number of amides is 1. The molecule has 1 unspecified atom stereocenters. The molecule has 4 heteroatoms. The molecule has 3 N–H and O–H groups in total. The summed E-state index contributed by atoms with van der Waals surface area (Å²) >= 11 is 0. The zero-order valence-electron chi connectivity index (χ0n) is 11.5. The van der Waals surface area contributed by atoms with Gasteiger partial charge in [0.1, 0.15) is 5.75 Å². The topological polar surface area (TPSA) is 64.3 Å². The van der Waals surface area contributed by atoms with E-state index in [1.54, 1.807) is 18.2 Å². The number of anilines is 1. The maximum absolute atomic E-state index is 12.2. The highest BCUT2D eigenvalue weighted by atomic mass is 16.5. The van der Waals surface area contributed by atoms with Crippen molar-refractivity contribution in [2.75, 3.05) is 12.8 Å². The number of hydrogen-bond donors (Lipinski definition) is 2. The van der Waals surface area contributed by atoms with Crippen LogP contribution in [0.3, 0.4) is 0 Å². The summed E-state index contributed by atoms with van der Waals surface area (Å²) in [7, 11) is 1.54. The molecule has 0 aliphatic carbocycles. The number of benzene rings is 1. The summed E-state index contributed by atoms with van der Waals surface area (Å²) in [4.78, 5) is 12.2. The Morgan fingerprint density at radius 1 is 1.44 bits per heavy atom. The lowest BCUT2D eigenvalue weighted by atomic mass is 10.0. The van der Waals surface area contributed by atoms with E-state index in [1.165, 1.54) is 7.11 Å². The van der Waals surface area contributed by atoms with Crippen LogP contribution in [0.1, 0.15) is 37.6 Å². The second kappa shape index (κ2) is 6.28. The summed E-state index contributed by atoms with van der Waals surface area (Å²) < 4.78 is 5.11. The van der Waals surface area contributed by atoms with Gasteiger partial charge in [-0.3, -0.25) is 4.79 Å². The second-order valence-electron chi connectivity index (χ2n) is 4.65. The minimum absolute atomic E-state index is 0.146. The number of hydrogen-bond acceptors (Lipinski definition) is 3. The van der Waals surface area contributed by atoms with E-state index in [1.807, 2.05) is 0 Å². The normalized spacial score (nSPS) is 12.3. The van der Waals surface area contributed by atoms with Crippen molar-refractivity contribution in [3.05, 3.63) is 23.8 Å². The van der Waals surface area contributed by atoms with Gasteiger partial charge < -0.3 is 15.8 Å². The first-order valence-electron chi connectivity index (χ1n) is 6.24. The molecule has 1 atom stereocenters. The Morgan fingerprint density at radius 3 is 2.61 bits per heavy atom. The molecule has 0 bridgehead atoms. The van der Waals surface area contributed by atoms with E-state index in [0.29, 0.717) is 22.9 Å². The summed E-state index contributed by atoms with van der Waals surface area (Å²) in [5.41, 5.74) is 6.75. The summed E-state index contributed by atoms with van der Waals surface area (Å²) in [5.74, 6) is 0.776. The average molecular weight is 250 g/mol. The first-order valence-corrected chi connectivity index (χ1v) is 6.24. The molecular weight excluding hydrogens is 228 g/mol. The molecule has 0 fully saturated rings. The molecule has 0 saturated heterocycles. The molecule has 1 rings (SSSR count). The molecule has 0 aliphatic rings. The molecule has 1 aromatic rings. The van der Waals surface area contributed by atoms with Gasteiger partial charge in [-0.2, -0.15) is 0 Å². The molecule has 0 saturated carbocycles. The molecule has 1 amide bonds. The van der Waals surface area contributed by atoms with Gasteiger partial charge in [0, 0.05) is 6.04 Å². The predicted octanol–water partition coefficient (Wildman–Crippen LogP) is 2.44. The molecular formula is C14H22N2O2. The first kappa shape index (κ1) is 14.4. The van der Waals surface area contributed by atoms with Gasteiger partial charge in [-0.05, 0) is 24.5 Å². The number of para-hydroxylation sites is 1. The molecule has 0 spiro atoms. The van der Waals surface area contributed by atoms with Crippen molar-refractivity contribution in [3.8, 4) is 5.75 Å². The minimum Gasteiger partial charge on any atom is -0.495 e. The third-order valence-electron chi connectivity index (χ3n) is 3.09. The lowest BCUT2D eigenvalue weighted by Crippen LogP contribution is -2.38. The van der Waals surface area contributed by atoms with Crippen molar-refractivity contribution >= 4 is 11.6 Å². The van der Waals surface area contributed by atoms with Crippen molar-refractivity contribution in [3.63, 3.8) is 0 Å². The zero-order valence-corrected chi connectivity index (χ0v) is 11.5. The summed E-state index contributed by atoms with van der Waals surface area (Å²) in [6.07, 6.45) is 0.896. The minimum atomic E-state index is -0.146. The average Bonchev–Trinajstić information content (AvgIpc) is 2.35. The van der Waals surface area contributed by atoms with Gasteiger partial charge in [-0.1, -0.05) is 26.8 Å². The van der Waals surface area contributed by atoms with E-state index in [2.05, 4.69) is 26.1 Å². The third kappa shape index (κ3) is 3.15. The fraction of sp³-hybridized carbons (Fsp3) is 0.500. The van der Waals surface area contributed by atoms with E-state index in [4.69, 9.17) is 10.5 Å². The van der Waals surface area contributed by atoms with Crippen LogP contribution in [-0.4, -0.2) is 19.1 Å². The maximum atomic E-state index is 12.2. The van der Waals surface area contributed by atoms with Gasteiger partial charge in [0.2, 0.25) is 0 Å². The van der Waals surface area contributed by atoms with Gasteiger partial charge in [0.05, 0.1) is 18.4 Å². The number of ether oxygens (including phenoxy) is 1. The highest BCUT2D eigenvalue weighted by Crippen LogP contribution is 2.24. The van der Waals surface area contributed by atoms with Crippen LogP contribution in [0.2, 0.25) is 0 Å². The highest BCUT2D eigenvalue weighted by molar-refractivity contribution is 6.00. The molecule has 4 nitrogen and oxygen atoms in total. The monoisotopic (exact) mass is 250 g/mol. The van der Waals surface area contributed by atoms with Crippen LogP contribution in [0.5, 0.6) is 5.75 Å². The third-order valence-corrected chi connectivity index (χ3v) is 3.09. The summed E-state index contributed by atoms with van der Waals surface area (Å²) in [6.45, 7) is 6.23. The zero-order chi connectivity index (χ0) is 13.7. The standard InChI is InChI=1S/C14H22N2O2/c1-5-11(9(2)3)16-14(17)10-7-6-8-12(18-4)13(10)15/h6-9,11H,5,15H2,1-4H3,(H,16,17). The number of carbonyl (C=O) groups is 1. The maximum Gasteiger partial charge on any atom is 0.253 e. The fourth-order valence-electron chi connectivity index (χ4n) is 1.91. The highest BCUT2D eigenvalue weighted by Gasteiger charge is 2.18. The van der Waals surface area contributed by atoms with Crippen molar-refractivity contribution in [2.45, 2.75) is 33.2 Å². The fourth-order valence-corrected chi connectivity index (χ4v) is 1.91. The van der Waals surface area contributed by atoms with E-state index in [0.717, 1.165) is 6.42 Å². The predicted molar refractivity (Wildman–Crippen MR) is 73.8 cm³/mol. The van der Waals surface area contributed by atoms with Crippen molar-refractivity contribution in [1.82, 2.24) is 5.32 Å². The number of carbonyl (C=O) groups excluding carboxylic acids is 1. The quantitative estimate of drug-likeness (QED) is 0.789. The van der Waals surface area contributed by atoms with Gasteiger partial charge in [0.15, 0.2) is 0 Å². The first-order chi connectivity index (χ1) is 8.51. The molecule has 0 aromatic heterocycles. The lowest BCUT2D eigenvalue weighted by molar-refractivity contribution is 0.0925. The Hall–Kier alpha value is -1.71. The largest absolute Gasteiger partial charge is 0.495 e. The lowest BCUT2D eigenvalue weighted by Gasteiger charge is -2.21. The van der Waals surface area contributed by atoms with Gasteiger partial charge in [-0.25, -0.2) is 0 Å². The summed E-state index contributed by atoms with van der Waals surface area (Å²) in [6, 6.07) is 5.37. The molecule has 100 valence electrons. The number of nitrogens with one attached hydrogen (secondary N) is 1. The molecule has 1 aromatic carbocycles. The number of methoxy groups -OCH3 is 1. The van der Waals surface area contributed by atoms with Crippen molar-refractivity contribution < 1.29 is 9.53 Å². The van der Waals surface area contributed by atoms with Gasteiger partial charge in [-0.15, -0.1) is 0 Å². The second-order valence-corrected chi connectivity index (χ2v) is 4.65. The van der Waals surface area contributed by atoms with E-state index in [9.17, 15) is 4.79 Å². The Morgan fingerprint density at radius 2 is 2.11 bits per heavy atom.